The zero-order valence-electron chi connectivity index (χ0n) is 12.6. The second-order valence-electron chi connectivity index (χ2n) is 5.62. The van der Waals surface area contributed by atoms with Gasteiger partial charge in [0.1, 0.15) is 5.82 Å². The van der Waals surface area contributed by atoms with Gasteiger partial charge in [0, 0.05) is 61.8 Å². The van der Waals surface area contributed by atoms with E-state index in [-0.39, 0.29) is 0 Å². The summed E-state index contributed by atoms with van der Waals surface area (Å²) in [6.07, 6.45) is 2.99. The van der Waals surface area contributed by atoms with Crippen molar-refractivity contribution in [2.75, 3.05) is 6.54 Å². The quantitative estimate of drug-likeness (QED) is 0.834. The van der Waals surface area contributed by atoms with Crippen LogP contribution in [-0.4, -0.2) is 31.2 Å². The topological polar surface area (TPSA) is 46.8 Å². The summed E-state index contributed by atoms with van der Waals surface area (Å²) in [6, 6.07) is 0. The molecule has 20 heavy (non-hydrogen) atoms. The molecule has 3 rings (SSSR count). The number of aryl methyl sites for hydroxylation is 3. The Hall–Kier alpha value is -1.75. The van der Waals surface area contributed by atoms with Crippen molar-refractivity contribution in [3.63, 3.8) is 0 Å². The number of hydrogen-bond donors (Lipinski definition) is 0. The van der Waals surface area contributed by atoms with Crippen LogP contribution in [-0.2, 0) is 26.6 Å². The second kappa shape index (κ2) is 4.98. The molecule has 0 fully saturated rings. The molecular weight excluding hydrogens is 250 g/mol. The van der Waals surface area contributed by atoms with Crippen molar-refractivity contribution in [2.24, 2.45) is 7.05 Å². The van der Waals surface area contributed by atoms with Gasteiger partial charge in [-0.3, -0.25) is 9.58 Å². The first kappa shape index (κ1) is 13.2. The van der Waals surface area contributed by atoms with E-state index in [0.29, 0.717) is 0 Å². The number of hydrogen-bond acceptors (Lipinski definition) is 4. The maximum absolute atomic E-state index is 4.54. The van der Waals surface area contributed by atoms with Crippen LogP contribution >= 0.6 is 0 Å². The molecule has 0 atom stereocenters. The van der Waals surface area contributed by atoms with Crippen LogP contribution in [0.5, 0.6) is 0 Å². The first-order chi connectivity index (χ1) is 9.54. The third kappa shape index (κ3) is 2.33. The summed E-state index contributed by atoms with van der Waals surface area (Å²) in [7, 11) is 2.01. The highest BCUT2D eigenvalue weighted by Gasteiger charge is 2.20. The minimum Gasteiger partial charge on any atom is -0.294 e. The normalized spacial score (nSPS) is 15.4. The molecule has 0 aliphatic carbocycles. The molecule has 2 aromatic heterocycles. The van der Waals surface area contributed by atoms with E-state index >= 15 is 0 Å². The predicted molar refractivity (Wildman–Crippen MR) is 77.3 cm³/mol. The Labute approximate surface area is 119 Å². The fourth-order valence-corrected chi connectivity index (χ4v) is 2.88. The van der Waals surface area contributed by atoms with Crippen molar-refractivity contribution >= 4 is 0 Å². The summed E-state index contributed by atoms with van der Waals surface area (Å²) >= 11 is 0. The van der Waals surface area contributed by atoms with Crippen molar-refractivity contribution in [3.8, 4) is 0 Å². The van der Waals surface area contributed by atoms with Crippen LogP contribution in [0.1, 0.15) is 34.0 Å². The maximum atomic E-state index is 4.54. The van der Waals surface area contributed by atoms with Crippen LogP contribution in [0.15, 0.2) is 6.20 Å². The molecule has 0 radical (unpaired) electrons. The van der Waals surface area contributed by atoms with Crippen molar-refractivity contribution in [2.45, 2.75) is 40.3 Å². The first-order valence-corrected chi connectivity index (χ1v) is 7.07. The molecule has 0 spiro atoms. The molecule has 3 heterocycles. The Bertz CT molecular complexity index is 644. The van der Waals surface area contributed by atoms with E-state index in [1.807, 2.05) is 24.9 Å². The molecule has 5 heteroatoms. The average Bonchev–Trinajstić information content (AvgIpc) is 2.65. The SMILES string of the molecule is Cc1ncc2c(n1)CCN(Cc1c(C)nn(C)c1C)C2. The minimum absolute atomic E-state index is 0.871. The lowest BCUT2D eigenvalue weighted by molar-refractivity contribution is 0.241. The fourth-order valence-electron chi connectivity index (χ4n) is 2.88. The van der Waals surface area contributed by atoms with E-state index in [4.69, 9.17) is 0 Å². The van der Waals surface area contributed by atoms with Crippen molar-refractivity contribution in [1.29, 1.82) is 0 Å². The molecule has 0 N–H and O–H groups in total. The van der Waals surface area contributed by atoms with E-state index < -0.39 is 0 Å². The van der Waals surface area contributed by atoms with Gasteiger partial charge in [0.25, 0.3) is 0 Å². The van der Waals surface area contributed by atoms with Crippen molar-refractivity contribution < 1.29 is 0 Å². The molecule has 106 valence electrons. The van der Waals surface area contributed by atoms with Crippen LogP contribution < -0.4 is 0 Å². The number of fused-ring (bicyclic) bond motifs is 1. The first-order valence-electron chi connectivity index (χ1n) is 7.07. The van der Waals surface area contributed by atoms with Crippen LogP contribution in [0.3, 0.4) is 0 Å². The third-order valence-electron chi connectivity index (χ3n) is 4.17. The summed E-state index contributed by atoms with van der Waals surface area (Å²) in [5, 5.41) is 4.50. The highest BCUT2D eigenvalue weighted by molar-refractivity contribution is 5.26. The smallest absolute Gasteiger partial charge is 0.125 e. The molecule has 0 amide bonds. The Balaban J connectivity index is 1.79. The van der Waals surface area contributed by atoms with Crippen molar-refractivity contribution in [1.82, 2.24) is 24.6 Å². The predicted octanol–water partition coefficient (Wildman–Crippen LogP) is 1.69. The molecule has 0 unspecified atom stereocenters. The largest absolute Gasteiger partial charge is 0.294 e. The summed E-state index contributed by atoms with van der Waals surface area (Å²) in [6.45, 7) is 9.13. The van der Waals surface area contributed by atoms with Crippen molar-refractivity contribution in [3.05, 3.63) is 40.2 Å². The van der Waals surface area contributed by atoms with Gasteiger partial charge in [-0.1, -0.05) is 0 Å². The van der Waals surface area contributed by atoms with E-state index in [2.05, 4.69) is 33.8 Å². The molecule has 0 saturated carbocycles. The van der Waals surface area contributed by atoms with Gasteiger partial charge in [0.05, 0.1) is 5.69 Å². The molecule has 5 nitrogen and oxygen atoms in total. The average molecular weight is 271 g/mol. The van der Waals surface area contributed by atoms with Gasteiger partial charge in [-0.15, -0.1) is 0 Å². The fraction of sp³-hybridized carbons (Fsp3) is 0.533. The van der Waals surface area contributed by atoms with E-state index in [1.165, 1.54) is 22.5 Å². The summed E-state index contributed by atoms with van der Waals surface area (Å²) < 4.78 is 1.97. The van der Waals surface area contributed by atoms with Gasteiger partial charge in [0.2, 0.25) is 0 Å². The van der Waals surface area contributed by atoms with Gasteiger partial charge < -0.3 is 0 Å². The standard InChI is InChI=1S/C15H21N5/c1-10-14(11(2)19(4)18-10)9-20-6-5-15-13(8-20)7-16-12(3)17-15/h7H,5-6,8-9H2,1-4H3. The highest BCUT2D eigenvalue weighted by Crippen LogP contribution is 2.21. The monoisotopic (exact) mass is 271 g/mol. The van der Waals surface area contributed by atoms with Gasteiger partial charge in [-0.25, -0.2) is 9.97 Å². The minimum atomic E-state index is 0.871. The summed E-state index contributed by atoms with van der Waals surface area (Å²) in [5.41, 5.74) is 6.22. The van der Waals surface area contributed by atoms with Crippen LogP contribution in [0.2, 0.25) is 0 Å². The number of nitrogens with zero attached hydrogens (tertiary/aromatic N) is 5. The van der Waals surface area contributed by atoms with Gasteiger partial charge in [-0.2, -0.15) is 5.10 Å². The lowest BCUT2D eigenvalue weighted by Gasteiger charge is -2.28. The van der Waals surface area contributed by atoms with E-state index in [9.17, 15) is 0 Å². The Kier molecular flexibility index (Phi) is 3.30. The molecule has 0 bridgehead atoms. The molecule has 2 aromatic rings. The molecule has 1 aliphatic rings. The van der Waals surface area contributed by atoms with Gasteiger partial charge in [0.15, 0.2) is 0 Å². The van der Waals surface area contributed by atoms with E-state index in [1.54, 1.807) is 0 Å². The van der Waals surface area contributed by atoms with Gasteiger partial charge >= 0.3 is 0 Å². The zero-order chi connectivity index (χ0) is 14.3. The summed E-state index contributed by atoms with van der Waals surface area (Å²) in [5.74, 6) is 0.871. The molecule has 0 saturated heterocycles. The summed E-state index contributed by atoms with van der Waals surface area (Å²) in [4.78, 5) is 11.3. The van der Waals surface area contributed by atoms with Crippen LogP contribution in [0, 0.1) is 20.8 Å². The molecular formula is C15H21N5. The lowest BCUT2D eigenvalue weighted by Crippen LogP contribution is -2.31. The number of aromatic nitrogens is 4. The van der Waals surface area contributed by atoms with Gasteiger partial charge in [-0.05, 0) is 20.8 Å². The second-order valence-corrected chi connectivity index (χ2v) is 5.62. The van der Waals surface area contributed by atoms with Crippen LogP contribution in [0.4, 0.5) is 0 Å². The zero-order valence-corrected chi connectivity index (χ0v) is 12.6. The lowest BCUT2D eigenvalue weighted by atomic mass is 10.1. The highest BCUT2D eigenvalue weighted by atomic mass is 15.3. The number of rotatable bonds is 2. The van der Waals surface area contributed by atoms with Crippen LogP contribution in [0.25, 0.3) is 0 Å². The Morgan fingerprint density at radius 1 is 1.25 bits per heavy atom. The molecule has 0 aromatic carbocycles. The Morgan fingerprint density at radius 2 is 2.05 bits per heavy atom. The maximum Gasteiger partial charge on any atom is 0.125 e. The third-order valence-corrected chi connectivity index (χ3v) is 4.17. The van der Waals surface area contributed by atoms with E-state index in [0.717, 1.165) is 37.6 Å². The molecule has 1 aliphatic heterocycles. The Morgan fingerprint density at radius 3 is 2.75 bits per heavy atom.